The van der Waals surface area contributed by atoms with Crippen LogP contribution in [0.4, 0.5) is 11.4 Å². The maximum absolute atomic E-state index is 13.3. The predicted molar refractivity (Wildman–Crippen MR) is 143 cm³/mol. The number of alkyl halides is 2. The summed E-state index contributed by atoms with van der Waals surface area (Å²) in [5.74, 6) is -0.284. The smallest absolute Gasteiger partial charge is 0.238 e. The molecule has 7 heteroatoms. The number of imide groups is 1. The van der Waals surface area contributed by atoms with Crippen LogP contribution in [0.25, 0.3) is 0 Å². The van der Waals surface area contributed by atoms with Crippen LogP contribution >= 0.6 is 31.9 Å². The number of unbranched alkanes of at least 4 members (excludes halogenated alkanes) is 8. The molecule has 34 heavy (non-hydrogen) atoms. The molecule has 6 atom stereocenters. The van der Waals surface area contributed by atoms with Gasteiger partial charge in [0.2, 0.25) is 17.7 Å². The zero-order valence-corrected chi connectivity index (χ0v) is 23.2. The second kappa shape index (κ2) is 11.7. The molecule has 1 aromatic carbocycles. The SMILES string of the molecule is CCCCCCCCCCCC(=O)Nc1cccc(N2C(=O)[C@@H]3[C@H]4C[C@@H]([C@H](Br)[C@@H]4Br)[C@@H]3C2=O)c1. The van der Waals surface area contributed by atoms with E-state index in [1.807, 2.05) is 6.07 Å². The van der Waals surface area contributed by atoms with E-state index in [2.05, 4.69) is 44.1 Å². The Hall–Kier alpha value is -1.21. The van der Waals surface area contributed by atoms with Crippen LogP contribution in [-0.2, 0) is 14.4 Å². The van der Waals surface area contributed by atoms with E-state index < -0.39 is 0 Å². The average molecular weight is 596 g/mol. The topological polar surface area (TPSA) is 66.5 Å². The van der Waals surface area contributed by atoms with Gasteiger partial charge in [-0.2, -0.15) is 0 Å². The first-order valence-corrected chi connectivity index (χ1v) is 14.8. The highest BCUT2D eigenvalue weighted by atomic mass is 79.9. The molecule has 2 bridgehead atoms. The molecule has 0 radical (unpaired) electrons. The molecule has 2 aliphatic carbocycles. The molecule has 186 valence electrons. The minimum Gasteiger partial charge on any atom is -0.326 e. The standard InChI is InChI=1S/C27H36Br2N2O3/c1-2-3-4-5-6-7-8-9-10-14-21(32)30-17-12-11-13-18(15-17)31-26(33)22-19-16-20(23(22)27(31)34)25(29)24(19)28/h11-13,15,19-20,22-25H,2-10,14,16H2,1H3,(H,30,32)/t19-,20-,22-,23+,24-,25+/m1/s1. The van der Waals surface area contributed by atoms with Crippen molar-refractivity contribution in [2.45, 2.75) is 87.2 Å². The molecule has 1 saturated heterocycles. The maximum Gasteiger partial charge on any atom is 0.238 e. The van der Waals surface area contributed by atoms with Gasteiger partial charge in [-0.3, -0.25) is 14.4 Å². The lowest BCUT2D eigenvalue weighted by Crippen LogP contribution is -2.37. The number of nitrogens with one attached hydrogen (secondary N) is 1. The van der Waals surface area contributed by atoms with Gasteiger partial charge in [-0.15, -0.1) is 0 Å². The third kappa shape index (κ3) is 5.30. The molecule has 3 amide bonds. The van der Waals surface area contributed by atoms with E-state index in [1.165, 1.54) is 49.8 Å². The van der Waals surface area contributed by atoms with Gasteiger partial charge >= 0.3 is 0 Å². The molecular weight excluding hydrogens is 560 g/mol. The summed E-state index contributed by atoms with van der Waals surface area (Å²) in [4.78, 5) is 40.8. The summed E-state index contributed by atoms with van der Waals surface area (Å²) in [6.45, 7) is 2.23. The van der Waals surface area contributed by atoms with Crippen LogP contribution in [0.5, 0.6) is 0 Å². The Morgan fingerprint density at radius 2 is 1.47 bits per heavy atom. The highest BCUT2D eigenvalue weighted by Gasteiger charge is 2.66. The van der Waals surface area contributed by atoms with Crippen LogP contribution in [0.15, 0.2) is 24.3 Å². The van der Waals surface area contributed by atoms with Gasteiger partial charge in [-0.05, 0) is 42.9 Å². The van der Waals surface area contributed by atoms with E-state index >= 15 is 0 Å². The lowest BCUT2D eigenvalue weighted by molar-refractivity contribution is -0.123. The monoisotopic (exact) mass is 594 g/mol. The van der Waals surface area contributed by atoms with Gasteiger partial charge in [0.25, 0.3) is 0 Å². The van der Waals surface area contributed by atoms with E-state index in [1.54, 1.807) is 18.2 Å². The fourth-order valence-electron chi connectivity index (χ4n) is 6.15. The average Bonchev–Trinajstić information content (AvgIpc) is 3.43. The molecule has 3 aliphatic rings. The van der Waals surface area contributed by atoms with Crippen LogP contribution in [0.2, 0.25) is 0 Å². The van der Waals surface area contributed by atoms with Crippen LogP contribution in [0.3, 0.4) is 0 Å². The molecule has 1 aliphatic heterocycles. The van der Waals surface area contributed by atoms with E-state index in [0.717, 1.165) is 19.3 Å². The minimum atomic E-state index is -0.236. The van der Waals surface area contributed by atoms with Crippen molar-refractivity contribution in [3.63, 3.8) is 0 Å². The first-order chi connectivity index (χ1) is 16.4. The van der Waals surface area contributed by atoms with Crippen LogP contribution in [0, 0.1) is 23.7 Å². The maximum atomic E-state index is 13.3. The molecule has 0 unspecified atom stereocenters. The number of fused-ring (bicyclic) bond motifs is 5. The van der Waals surface area contributed by atoms with E-state index in [-0.39, 0.29) is 51.0 Å². The highest BCUT2D eigenvalue weighted by Crippen LogP contribution is 2.60. The third-order valence-electron chi connectivity index (χ3n) is 7.88. The highest BCUT2D eigenvalue weighted by molar-refractivity contribution is 9.12. The summed E-state index contributed by atoms with van der Waals surface area (Å²) < 4.78 is 0. The van der Waals surface area contributed by atoms with Gasteiger partial charge in [0.05, 0.1) is 17.5 Å². The zero-order chi connectivity index (χ0) is 24.2. The quantitative estimate of drug-likeness (QED) is 0.164. The number of rotatable bonds is 12. The lowest BCUT2D eigenvalue weighted by Gasteiger charge is -2.28. The van der Waals surface area contributed by atoms with Crippen molar-refractivity contribution in [3.05, 3.63) is 24.3 Å². The van der Waals surface area contributed by atoms with Crippen LogP contribution < -0.4 is 10.2 Å². The Bertz CT molecular complexity index is 876. The Morgan fingerprint density at radius 1 is 0.912 bits per heavy atom. The number of anilines is 2. The largest absolute Gasteiger partial charge is 0.326 e. The summed E-state index contributed by atoms with van der Waals surface area (Å²) >= 11 is 7.46. The molecule has 3 fully saturated rings. The van der Waals surface area contributed by atoms with Gasteiger partial charge < -0.3 is 5.32 Å². The molecule has 4 rings (SSSR count). The minimum absolute atomic E-state index is 0.0154. The first-order valence-electron chi connectivity index (χ1n) is 13.0. The Labute approximate surface area is 220 Å². The Kier molecular flexibility index (Phi) is 8.89. The second-order valence-electron chi connectivity index (χ2n) is 10.2. The van der Waals surface area contributed by atoms with E-state index in [9.17, 15) is 14.4 Å². The lowest BCUT2D eigenvalue weighted by atomic mass is 9.81. The fourth-order valence-corrected chi connectivity index (χ4v) is 8.02. The van der Waals surface area contributed by atoms with Gasteiger partial charge in [0.1, 0.15) is 0 Å². The number of amides is 3. The molecule has 5 nitrogen and oxygen atoms in total. The number of halogens is 2. The third-order valence-corrected chi connectivity index (χ3v) is 11.1. The number of hydrogen-bond acceptors (Lipinski definition) is 3. The van der Waals surface area contributed by atoms with Gasteiger partial charge in [0.15, 0.2) is 0 Å². The van der Waals surface area contributed by atoms with Crippen molar-refractivity contribution in [2.24, 2.45) is 23.7 Å². The summed E-state index contributed by atoms with van der Waals surface area (Å²) in [7, 11) is 0. The van der Waals surface area contributed by atoms with Crippen LogP contribution in [0.1, 0.15) is 77.6 Å². The van der Waals surface area contributed by atoms with Crippen molar-refractivity contribution in [2.75, 3.05) is 10.2 Å². The number of carbonyl (C=O) groups excluding carboxylic acids is 3. The van der Waals surface area contributed by atoms with Crippen LogP contribution in [-0.4, -0.2) is 27.4 Å². The van der Waals surface area contributed by atoms with E-state index in [4.69, 9.17) is 0 Å². The Morgan fingerprint density at radius 3 is 2.06 bits per heavy atom. The molecular formula is C27H36Br2N2O3. The Balaban J connectivity index is 1.26. The van der Waals surface area contributed by atoms with Crippen molar-refractivity contribution < 1.29 is 14.4 Å². The van der Waals surface area contributed by atoms with Crippen molar-refractivity contribution in [1.29, 1.82) is 0 Å². The van der Waals surface area contributed by atoms with Gasteiger partial charge in [0, 0.05) is 21.8 Å². The number of hydrogen-bond donors (Lipinski definition) is 1. The normalized spacial score (nSPS) is 29.7. The fraction of sp³-hybridized carbons (Fsp3) is 0.667. The zero-order valence-electron chi connectivity index (χ0n) is 20.0. The predicted octanol–water partition coefficient (Wildman–Crippen LogP) is 6.83. The van der Waals surface area contributed by atoms with Crippen molar-refractivity contribution in [3.8, 4) is 0 Å². The van der Waals surface area contributed by atoms with E-state index in [0.29, 0.717) is 17.8 Å². The molecule has 1 aromatic rings. The van der Waals surface area contributed by atoms with Gasteiger partial charge in [-0.1, -0.05) is 96.2 Å². The number of benzene rings is 1. The summed E-state index contributed by atoms with van der Waals surface area (Å²) in [5.41, 5.74) is 1.19. The molecule has 0 aromatic heterocycles. The second-order valence-corrected chi connectivity index (χ2v) is 12.3. The molecule has 2 saturated carbocycles. The van der Waals surface area contributed by atoms with Crippen molar-refractivity contribution in [1.82, 2.24) is 0 Å². The molecule has 0 spiro atoms. The summed E-state index contributed by atoms with van der Waals surface area (Å²) in [6, 6.07) is 7.15. The first kappa shape index (κ1) is 25.9. The summed E-state index contributed by atoms with van der Waals surface area (Å²) in [5, 5.41) is 2.95. The van der Waals surface area contributed by atoms with Gasteiger partial charge in [-0.25, -0.2) is 4.90 Å². The molecule has 1 N–H and O–H groups in total. The number of nitrogens with zero attached hydrogens (tertiary/aromatic N) is 1. The molecule has 1 heterocycles. The summed E-state index contributed by atoms with van der Waals surface area (Å²) in [6.07, 6.45) is 12.4. The van der Waals surface area contributed by atoms with Crippen molar-refractivity contribution >= 4 is 61.0 Å². The number of carbonyl (C=O) groups is 3.